The summed E-state index contributed by atoms with van der Waals surface area (Å²) >= 11 is 1.14. The standard InChI is InChI=1S/C19H18N2O5S2/c1-3-26-17(22)12-21-15-10-9-14(28(2,24)25)11-16(15)27-19(21)20-18(23)13-7-5-4-6-8-13/h4-11H,3,12H2,1-2H3. The zero-order chi connectivity index (χ0) is 20.3. The molecule has 0 unspecified atom stereocenters. The molecule has 0 saturated carbocycles. The molecule has 3 aromatic rings. The van der Waals surface area contributed by atoms with Crippen molar-refractivity contribution in [3.05, 3.63) is 58.9 Å². The van der Waals surface area contributed by atoms with E-state index in [0.29, 0.717) is 20.6 Å². The lowest BCUT2D eigenvalue weighted by molar-refractivity contribution is -0.143. The maximum Gasteiger partial charge on any atom is 0.326 e. The minimum Gasteiger partial charge on any atom is -0.465 e. The number of thiazole rings is 1. The fourth-order valence-corrected chi connectivity index (χ4v) is 4.38. The summed E-state index contributed by atoms with van der Waals surface area (Å²) < 4.78 is 30.9. The number of esters is 1. The van der Waals surface area contributed by atoms with Crippen molar-refractivity contribution >= 4 is 43.3 Å². The summed E-state index contributed by atoms with van der Waals surface area (Å²) in [6.07, 6.45) is 1.12. The Kier molecular flexibility index (Phi) is 5.76. The number of benzene rings is 2. The van der Waals surface area contributed by atoms with Crippen molar-refractivity contribution in [1.29, 1.82) is 0 Å². The Bertz CT molecular complexity index is 1210. The van der Waals surface area contributed by atoms with Gasteiger partial charge in [-0.25, -0.2) is 8.42 Å². The van der Waals surface area contributed by atoms with E-state index in [0.717, 1.165) is 17.6 Å². The van der Waals surface area contributed by atoms with Gasteiger partial charge in [-0.05, 0) is 37.3 Å². The Morgan fingerprint density at radius 2 is 1.86 bits per heavy atom. The second-order valence-electron chi connectivity index (χ2n) is 5.96. The van der Waals surface area contributed by atoms with Gasteiger partial charge in [0.25, 0.3) is 5.91 Å². The lowest BCUT2D eigenvalue weighted by atomic mass is 10.2. The SMILES string of the molecule is CCOC(=O)Cn1c(=NC(=O)c2ccccc2)sc2cc(S(C)(=O)=O)ccc21. The van der Waals surface area contributed by atoms with Gasteiger partial charge < -0.3 is 9.30 Å². The highest BCUT2D eigenvalue weighted by atomic mass is 32.2. The van der Waals surface area contributed by atoms with Gasteiger partial charge in [0.2, 0.25) is 0 Å². The van der Waals surface area contributed by atoms with E-state index in [9.17, 15) is 18.0 Å². The number of aromatic nitrogens is 1. The molecule has 3 rings (SSSR count). The number of nitrogens with zero attached hydrogens (tertiary/aromatic N) is 2. The Labute approximate surface area is 165 Å². The van der Waals surface area contributed by atoms with Crippen molar-refractivity contribution < 1.29 is 22.7 Å². The third kappa shape index (κ3) is 4.37. The van der Waals surface area contributed by atoms with Crippen molar-refractivity contribution in [2.75, 3.05) is 12.9 Å². The number of fused-ring (bicyclic) bond motifs is 1. The van der Waals surface area contributed by atoms with E-state index in [-0.39, 0.29) is 18.0 Å². The highest BCUT2D eigenvalue weighted by Crippen LogP contribution is 2.22. The largest absolute Gasteiger partial charge is 0.465 e. The molecule has 146 valence electrons. The first kappa shape index (κ1) is 20.0. The van der Waals surface area contributed by atoms with Crippen LogP contribution in [0.5, 0.6) is 0 Å². The molecule has 0 atom stereocenters. The molecule has 1 aromatic heterocycles. The molecule has 0 aliphatic heterocycles. The molecule has 7 nitrogen and oxygen atoms in total. The second kappa shape index (κ2) is 8.07. The molecule has 28 heavy (non-hydrogen) atoms. The van der Waals surface area contributed by atoms with Crippen molar-refractivity contribution in [2.24, 2.45) is 4.99 Å². The number of sulfone groups is 1. The average molecular weight is 418 g/mol. The highest BCUT2D eigenvalue weighted by Gasteiger charge is 2.15. The third-order valence-electron chi connectivity index (χ3n) is 3.89. The molecule has 0 bridgehead atoms. The van der Waals surface area contributed by atoms with E-state index in [2.05, 4.69) is 4.99 Å². The Balaban J connectivity index is 2.17. The average Bonchev–Trinajstić information content (AvgIpc) is 2.98. The number of rotatable bonds is 5. The fourth-order valence-electron chi connectivity index (χ4n) is 2.59. The second-order valence-corrected chi connectivity index (χ2v) is 8.99. The van der Waals surface area contributed by atoms with E-state index >= 15 is 0 Å². The van der Waals surface area contributed by atoms with Crippen molar-refractivity contribution in [3.63, 3.8) is 0 Å². The normalized spacial score (nSPS) is 12.3. The van der Waals surface area contributed by atoms with Crippen LogP contribution >= 0.6 is 11.3 Å². The molecular formula is C19H18N2O5S2. The zero-order valence-electron chi connectivity index (χ0n) is 15.3. The maximum atomic E-state index is 12.5. The summed E-state index contributed by atoms with van der Waals surface area (Å²) in [5.74, 6) is -0.920. The predicted octanol–water partition coefficient (Wildman–Crippen LogP) is 2.41. The van der Waals surface area contributed by atoms with Crippen LogP contribution in [0.25, 0.3) is 10.2 Å². The van der Waals surface area contributed by atoms with Gasteiger partial charge in [0.15, 0.2) is 14.6 Å². The summed E-state index contributed by atoms with van der Waals surface area (Å²) in [5, 5.41) is 0. The summed E-state index contributed by atoms with van der Waals surface area (Å²) in [7, 11) is -3.39. The van der Waals surface area contributed by atoms with Gasteiger partial charge in [0, 0.05) is 11.8 Å². The molecule has 0 aliphatic carbocycles. The minimum atomic E-state index is -3.39. The van der Waals surface area contributed by atoms with Crippen molar-refractivity contribution in [1.82, 2.24) is 4.57 Å². The molecule has 2 aromatic carbocycles. The van der Waals surface area contributed by atoms with Crippen LogP contribution < -0.4 is 4.80 Å². The van der Waals surface area contributed by atoms with Crippen LogP contribution in [0.2, 0.25) is 0 Å². The van der Waals surface area contributed by atoms with Crippen LogP contribution in [0.4, 0.5) is 0 Å². The summed E-state index contributed by atoms with van der Waals surface area (Å²) in [4.78, 5) is 29.1. The van der Waals surface area contributed by atoms with Gasteiger partial charge in [-0.1, -0.05) is 29.5 Å². The summed E-state index contributed by atoms with van der Waals surface area (Å²) in [6, 6.07) is 13.2. The van der Waals surface area contributed by atoms with Crippen LogP contribution in [0.3, 0.4) is 0 Å². The smallest absolute Gasteiger partial charge is 0.326 e. The molecule has 0 saturated heterocycles. The molecule has 0 fully saturated rings. The van der Waals surface area contributed by atoms with E-state index in [1.54, 1.807) is 47.9 Å². The van der Waals surface area contributed by atoms with Crippen LogP contribution in [0, 0.1) is 0 Å². The molecule has 9 heteroatoms. The minimum absolute atomic E-state index is 0.132. The molecule has 0 spiro atoms. The lowest BCUT2D eigenvalue weighted by Gasteiger charge is -2.05. The van der Waals surface area contributed by atoms with Gasteiger partial charge in [0.1, 0.15) is 6.54 Å². The fraction of sp³-hybridized carbons (Fsp3) is 0.211. The molecule has 1 amide bonds. The van der Waals surface area contributed by atoms with E-state index < -0.39 is 21.7 Å². The van der Waals surface area contributed by atoms with Crippen LogP contribution in [-0.2, 0) is 25.9 Å². The molecule has 0 N–H and O–H groups in total. The third-order valence-corrected chi connectivity index (χ3v) is 6.04. The Morgan fingerprint density at radius 3 is 2.50 bits per heavy atom. The number of carbonyl (C=O) groups excluding carboxylic acids is 2. The maximum absolute atomic E-state index is 12.5. The van der Waals surface area contributed by atoms with Crippen molar-refractivity contribution in [3.8, 4) is 0 Å². The zero-order valence-corrected chi connectivity index (χ0v) is 16.9. The topological polar surface area (TPSA) is 94.8 Å². The van der Waals surface area contributed by atoms with Gasteiger partial charge in [-0.3, -0.25) is 9.59 Å². The molecule has 0 radical (unpaired) electrons. The monoisotopic (exact) mass is 418 g/mol. The van der Waals surface area contributed by atoms with Crippen molar-refractivity contribution in [2.45, 2.75) is 18.4 Å². The number of hydrogen-bond acceptors (Lipinski definition) is 6. The van der Waals surface area contributed by atoms with E-state index in [1.807, 2.05) is 0 Å². The first-order valence-electron chi connectivity index (χ1n) is 8.43. The van der Waals surface area contributed by atoms with Crippen LogP contribution in [0.1, 0.15) is 17.3 Å². The number of amides is 1. The quantitative estimate of drug-likeness (QED) is 0.593. The molecule has 1 heterocycles. The van der Waals surface area contributed by atoms with E-state index in [1.165, 1.54) is 12.1 Å². The number of ether oxygens (including phenoxy) is 1. The predicted molar refractivity (Wildman–Crippen MR) is 106 cm³/mol. The van der Waals surface area contributed by atoms with Gasteiger partial charge in [0.05, 0.1) is 21.7 Å². The van der Waals surface area contributed by atoms with Gasteiger partial charge in [-0.2, -0.15) is 4.99 Å². The van der Waals surface area contributed by atoms with Crippen LogP contribution in [-0.4, -0.2) is 37.7 Å². The number of carbonyl (C=O) groups is 2. The number of hydrogen-bond donors (Lipinski definition) is 0. The lowest BCUT2D eigenvalue weighted by Crippen LogP contribution is -2.23. The first-order valence-corrected chi connectivity index (χ1v) is 11.1. The highest BCUT2D eigenvalue weighted by molar-refractivity contribution is 7.90. The van der Waals surface area contributed by atoms with Crippen LogP contribution in [0.15, 0.2) is 58.4 Å². The Morgan fingerprint density at radius 1 is 1.14 bits per heavy atom. The van der Waals surface area contributed by atoms with E-state index in [4.69, 9.17) is 4.74 Å². The Hall–Kier alpha value is -2.78. The molecular weight excluding hydrogens is 400 g/mol. The summed E-state index contributed by atoms with van der Waals surface area (Å²) in [5.41, 5.74) is 1.02. The molecule has 0 aliphatic rings. The van der Waals surface area contributed by atoms with Gasteiger partial charge in [-0.15, -0.1) is 0 Å². The first-order chi connectivity index (χ1) is 13.3. The summed E-state index contributed by atoms with van der Waals surface area (Å²) in [6.45, 7) is 1.80. The van der Waals surface area contributed by atoms with Gasteiger partial charge >= 0.3 is 5.97 Å².